The van der Waals surface area contributed by atoms with Gasteiger partial charge in [-0.25, -0.2) is 4.57 Å². The van der Waals surface area contributed by atoms with Crippen LogP contribution in [0.5, 0.6) is 0 Å². The molecule has 0 aromatic rings. The minimum Gasteiger partial charge on any atom is -0.457 e. The summed E-state index contributed by atoms with van der Waals surface area (Å²) in [6.45, 7) is 5.39. The van der Waals surface area contributed by atoms with Crippen LogP contribution < -0.4 is 0 Å². The van der Waals surface area contributed by atoms with Gasteiger partial charge in [0.2, 0.25) is 0 Å². The molecule has 2 atom stereocenters. The Balaban J connectivity index is 4.40. The monoisotopic (exact) mass is 725 g/mol. The zero-order valence-electron chi connectivity index (χ0n) is 32.6. The van der Waals surface area contributed by atoms with Crippen LogP contribution in [0.1, 0.15) is 136 Å². The maximum atomic E-state index is 12.6. The number of quaternary nitrogens is 1. The quantitative estimate of drug-likeness (QED) is 0.0229. The third-order valence-electron chi connectivity index (χ3n) is 7.81. The number of nitrogens with zero attached hydrogens (tertiary/aromatic N) is 1. The summed E-state index contributed by atoms with van der Waals surface area (Å²) in [5.74, 6) is -0.359. The van der Waals surface area contributed by atoms with Crippen LogP contribution in [0.15, 0.2) is 60.8 Å². The van der Waals surface area contributed by atoms with Crippen LogP contribution in [0.2, 0.25) is 0 Å². The highest BCUT2D eigenvalue weighted by atomic mass is 31.2. The molecule has 0 amide bonds. The summed E-state index contributed by atoms with van der Waals surface area (Å²) in [5.41, 5.74) is 0. The molecule has 0 bridgehead atoms. The molecule has 290 valence electrons. The first-order chi connectivity index (χ1) is 24.1. The molecule has 0 radical (unpaired) electrons. The third kappa shape index (κ3) is 37.5. The molecule has 0 spiro atoms. The molecule has 8 nitrogen and oxygen atoms in total. The molecule has 2 unspecified atom stereocenters. The summed E-state index contributed by atoms with van der Waals surface area (Å²) < 4.78 is 34.8. The summed E-state index contributed by atoms with van der Waals surface area (Å²) in [7, 11) is 1.62. The van der Waals surface area contributed by atoms with Gasteiger partial charge in [0.25, 0.3) is 0 Å². The highest BCUT2D eigenvalue weighted by Gasteiger charge is 2.26. The Labute approximate surface area is 307 Å². The van der Waals surface area contributed by atoms with Crippen molar-refractivity contribution in [2.24, 2.45) is 0 Å². The number of phosphoric ester groups is 1. The molecular formula is C41H75NO7P+. The van der Waals surface area contributed by atoms with E-state index in [-0.39, 0.29) is 32.2 Å². The molecule has 0 rings (SSSR count). The van der Waals surface area contributed by atoms with Crippen LogP contribution in [-0.4, -0.2) is 75.6 Å². The predicted molar refractivity (Wildman–Crippen MR) is 210 cm³/mol. The first-order valence-electron chi connectivity index (χ1n) is 19.5. The Morgan fingerprint density at radius 3 is 1.76 bits per heavy atom. The fraction of sp³-hybridized carbons (Fsp3) is 0.732. The van der Waals surface area contributed by atoms with Gasteiger partial charge in [-0.05, 0) is 77.0 Å². The van der Waals surface area contributed by atoms with E-state index in [9.17, 15) is 14.3 Å². The largest absolute Gasteiger partial charge is 0.472 e. The van der Waals surface area contributed by atoms with Gasteiger partial charge in [0.1, 0.15) is 19.3 Å². The van der Waals surface area contributed by atoms with E-state index < -0.39 is 13.9 Å². The van der Waals surface area contributed by atoms with E-state index in [1.54, 1.807) is 0 Å². The molecule has 0 aromatic heterocycles. The van der Waals surface area contributed by atoms with E-state index in [1.807, 2.05) is 21.1 Å². The molecule has 9 heteroatoms. The molecule has 0 fully saturated rings. The molecule has 0 aliphatic rings. The zero-order chi connectivity index (χ0) is 37.0. The molecule has 0 aromatic carbocycles. The summed E-state index contributed by atoms with van der Waals surface area (Å²) in [6, 6.07) is 0. The van der Waals surface area contributed by atoms with E-state index in [4.69, 9.17) is 18.5 Å². The first kappa shape index (κ1) is 48.2. The molecule has 0 aliphatic heterocycles. The smallest absolute Gasteiger partial charge is 0.457 e. The van der Waals surface area contributed by atoms with Crippen molar-refractivity contribution >= 4 is 13.8 Å². The summed E-state index contributed by atoms with van der Waals surface area (Å²) in [6.07, 6.45) is 41.1. The van der Waals surface area contributed by atoms with Crippen molar-refractivity contribution in [1.82, 2.24) is 0 Å². The van der Waals surface area contributed by atoms with E-state index in [2.05, 4.69) is 74.6 Å². The summed E-state index contributed by atoms with van der Waals surface area (Å²) in [4.78, 5) is 22.8. The van der Waals surface area contributed by atoms with Gasteiger partial charge in [-0.15, -0.1) is 0 Å². The van der Waals surface area contributed by atoms with Crippen molar-refractivity contribution < 1.29 is 37.3 Å². The van der Waals surface area contributed by atoms with Gasteiger partial charge in [-0.3, -0.25) is 13.8 Å². The van der Waals surface area contributed by atoms with Crippen molar-refractivity contribution in [3.05, 3.63) is 60.8 Å². The number of carbonyl (C=O) groups excluding carboxylic acids is 1. The maximum absolute atomic E-state index is 12.6. The number of hydrogen-bond acceptors (Lipinski definition) is 6. The van der Waals surface area contributed by atoms with Gasteiger partial charge < -0.3 is 18.9 Å². The first-order valence-corrected chi connectivity index (χ1v) is 21.0. The van der Waals surface area contributed by atoms with Gasteiger partial charge in [-0.2, -0.15) is 0 Å². The Kier molecular flexibility index (Phi) is 33.1. The van der Waals surface area contributed by atoms with Crippen LogP contribution in [-0.2, 0) is 27.9 Å². The number of likely N-dealkylation sites (N-methyl/N-ethyl adjacent to an activating group) is 1. The average Bonchev–Trinajstić information content (AvgIpc) is 3.06. The summed E-state index contributed by atoms with van der Waals surface area (Å²) >= 11 is 0. The second-order valence-electron chi connectivity index (χ2n) is 13.9. The Bertz CT molecular complexity index is 984. The Morgan fingerprint density at radius 2 is 1.16 bits per heavy atom. The molecule has 50 heavy (non-hydrogen) atoms. The molecule has 0 saturated carbocycles. The number of unbranched alkanes of at least 4 members (excludes halogenated alkanes) is 11. The van der Waals surface area contributed by atoms with Gasteiger partial charge in [0, 0.05) is 13.0 Å². The standard InChI is InChI=1S/C41H74NO7P/c1-6-8-10-12-14-16-18-20-21-22-24-26-28-30-32-34-41(43)49-40(39-48-50(44,45)47-37-35-42(3,4)5)38-46-36-33-31-29-27-25-23-19-17-15-13-11-9-7-2/h8,10,14-17,20-21,24,26,40H,6-7,9,11-13,18-19,22-23,25,27-39H2,1-5H3/p+1/b10-8-,16-14-,17-15-,21-20-,26-24-. The van der Waals surface area contributed by atoms with Gasteiger partial charge in [0.05, 0.1) is 34.4 Å². The average molecular weight is 725 g/mol. The topological polar surface area (TPSA) is 91.3 Å². The minimum atomic E-state index is -4.28. The number of allylic oxidation sites excluding steroid dienone is 10. The fourth-order valence-corrected chi connectivity index (χ4v) is 5.51. The molecule has 0 saturated heterocycles. The van der Waals surface area contributed by atoms with Crippen molar-refractivity contribution in [3.63, 3.8) is 0 Å². The number of ether oxygens (including phenoxy) is 2. The van der Waals surface area contributed by atoms with Crippen molar-refractivity contribution in [2.45, 2.75) is 142 Å². The van der Waals surface area contributed by atoms with Crippen LogP contribution in [0, 0.1) is 0 Å². The SMILES string of the molecule is CC/C=C\C/C=C\C/C=C\C/C=C\CCCCC(=O)OC(COCCCCCCCC/C=C\CCCCC)COP(=O)(O)OCC[N+](C)(C)C. The van der Waals surface area contributed by atoms with Crippen molar-refractivity contribution in [1.29, 1.82) is 0 Å². The second-order valence-corrected chi connectivity index (χ2v) is 15.4. The zero-order valence-corrected chi connectivity index (χ0v) is 33.5. The lowest BCUT2D eigenvalue weighted by Gasteiger charge is -2.24. The molecule has 0 aliphatic carbocycles. The number of esters is 1. The van der Waals surface area contributed by atoms with Gasteiger partial charge >= 0.3 is 13.8 Å². The van der Waals surface area contributed by atoms with Crippen LogP contribution in [0.3, 0.4) is 0 Å². The Hall–Kier alpha value is -1.80. The van der Waals surface area contributed by atoms with E-state index in [1.165, 1.54) is 57.8 Å². The number of carbonyl (C=O) groups is 1. The lowest BCUT2D eigenvalue weighted by atomic mass is 10.1. The number of rotatable bonds is 35. The predicted octanol–water partition coefficient (Wildman–Crippen LogP) is 11.0. The number of hydrogen-bond donors (Lipinski definition) is 1. The number of phosphoric acid groups is 1. The highest BCUT2D eigenvalue weighted by Crippen LogP contribution is 2.43. The Morgan fingerprint density at radius 1 is 0.640 bits per heavy atom. The minimum absolute atomic E-state index is 0.0766. The maximum Gasteiger partial charge on any atom is 0.472 e. The van der Waals surface area contributed by atoms with Crippen LogP contribution in [0.25, 0.3) is 0 Å². The lowest BCUT2D eigenvalue weighted by Crippen LogP contribution is -2.37. The molecule has 0 heterocycles. The van der Waals surface area contributed by atoms with Crippen LogP contribution >= 0.6 is 7.82 Å². The van der Waals surface area contributed by atoms with Crippen LogP contribution in [0.4, 0.5) is 0 Å². The second kappa shape index (κ2) is 34.3. The third-order valence-corrected chi connectivity index (χ3v) is 8.80. The lowest BCUT2D eigenvalue weighted by molar-refractivity contribution is -0.870. The molecular weight excluding hydrogens is 649 g/mol. The van der Waals surface area contributed by atoms with E-state index in [0.717, 1.165) is 51.4 Å². The normalized spacial score (nSPS) is 14.6. The van der Waals surface area contributed by atoms with Crippen molar-refractivity contribution in [2.75, 3.05) is 54.1 Å². The van der Waals surface area contributed by atoms with Gasteiger partial charge in [-0.1, -0.05) is 113 Å². The highest BCUT2D eigenvalue weighted by molar-refractivity contribution is 7.47. The molecule has 1 N–H and O–H groups in total. The van der Waals surface area contributed by atoms with Gasteiger partial charge in [0.15, 0.2) is 0 Å². The van der Waals surface area contributed by atoms with Crippen molar-refractivity contribution in [3.8, 4) is 0 Å². The fourth-order valence-electron chi connectivity index (χ4n) is 4.77. The van der Waals surface area contributed by atoms with E-state index >= 15 is 0 Å². The summed E-state index contributed by atoms with van der Waals surface area (Å²) in [5, 5.41) is 0. The van der Waals surface area contributed by atoms with E-state index in [0.29, 0.717) is 24.1 Å².